The van der Waals surface area contributed by atoms with E-state index in [0.29, 0.717) is 11.3 Å². The second kappa shape index (κ2) is 4.07. The molecular weight excluding hydrogens is 172 g/mol. The summed E-state index contributed by atoms with van der Waals surface area (Å²) in [6, 6.07) is 1.92. The van der Waals surface area contributed by atoms with Crippen LogP contribution in [0.1, 0.15) is 15.2 Å². The van der Waals surface area contributed by atoms with Gasteiger partial charge in [-0.1, -0.05) is 6.08 Å². The maximum absolute atomic E-state index is 11.1. The summed E-state index contributed by atoms with van der Waals surface area (Å²) in [5, 5.41) is 1.88. The summed E-state index contributed by atoms with van der Waals surface area (Å²) in [4.78, 5) is 11.8. The maximum Gasteiger partial charge on any atom is 0.348 e. The van der Waals surface area contributed by atoms with Crippen LogP contribution >= 0.6 is 11.3 Å². The first-order valence-electron chi connectivity index (χ1n) is 3.55. The van der Waals surface area contributed by atoms with Crippen molar-refractivity contribution in [3.05, 3.63) is 34.5 Å². The van der Waals surface area contributed by atoms with Crippen molar-refractivity contribution in [2.24, 2.45) is 0 Å². The molecule has 3 heteroatoms. The van der Waals surface area contributed by atoms with Gasteiger partial charge in [0.05, 0.1) is 7.11 Å². The molecule has 1 aromatic rings. The van der Waals surface area contributed by atoms with Crippen LogP contribution in [0, 0.1) is 0 Å². The molecule has 0 radical (unpaired) electrons. The van der Waals surface area contributed by atoms with Gasteiger partial charge in [0.25, 0.3) is 0 Å². The number of rotatable bonds is 3. The zero-order chi connectivity index (χ0) is 8.97. The highest BCUT2D eigenvalue weighted by Crippen LogP contribution is 2.18. The van der Waals surface area contributed by atoms with Crippen LogP contribution in [0.5, 0.6) is 0 Å². The van der Waals surface area contributed by atoms with Gasteiger partial charge in [-0.2, -0.15) is 0 Å². The maximum atomic E-state index is 11.1. The summed E-state index contributed by atoms with van der Waals surface area (Å²) in [6.07, 6.45) is 2.49. The van der Waals surface area contributed by atoms with Gasteiger partial charge >= 0.3 is 5.97 Å². The lowest BCUT2D eigenvalue weighted by Crippen LogP contribution is -2.00. The summed E-state index contributed by atoms with van der Waals surface area (Å²) in [5.41, 5.74) is 0.988. The van der Waals surface area contributed by atoms with E-state index in [4.69, 9.17) is 0 Å². The quantitative estimate of drug-likeness (QED) is 0.529. The standard InChI is InChI=1S/C9H10O2S/c1-3-4-7-5-6-12-8(7)9(10)11-2/h3,5-6H,1,4H2,2H3. The van der Waals surface area contributed by atoms with Crippen molar-refractivity contribution in [1.29, 1.82) is 0 Å². The number of esters is 1. The van der Waals surface area contributed by atoms with Crippen molar-refractivity contribution in [3.63, 3.8) is 0 Å². The lowest BCUT2D eigenvalue weighted by Gasteiger charge is -1.97. The monoisotopic (exact) mass is 182 g/mol. The molecule has 1 heterocycles. The molecule has 1 rings (SSSR count). The molecule has 0 atom stereocenters. The Morgan fingerprint density at radius 3 is 3.17 bits per heavy atom. The number of hydrogen-bond acceptors (Lipinski definition) is 3. The van der Waals surface area contributed by atoms with Gasteiger partial charge in [-0.05, 0) is 23.4 Å². The molecule has 0 spiro atoms. The highest BCUT2D eigenvalue weighted by Gasteiger charge is 2.11. The van der Waals surface area contributed by atoms with E-state index >= 15 is 0 Å². The molecule has 1 aromatic heterocycles. The zero-order valence-electron chi connectivity index (χ0n) is 6.87. The van der Waals surface area contributed by atoms with Crippen LogP contribution < -0.4 is 0 Å². The second-order valence-electron chi connectivity index (χ2n) is 2.26. The van der Waals surface area contributed by atoms with Crippen molar-refractivity contribution < 1.29 is 9.53 Å². The lowest BCUT2D eigenvalue weighted by molar-refractivity contribution is 0.0605. The molecule has 0 aliphatic rings. The van der Waals surface area contributed by atoms with E-state index < -0.39 is 0 Å². The van der Waals surface area contributed by atoms with Crippen LogP contribution in [0.4, 0.5) is 0 Å². The van der Waals surface area contributed by atoms with Crippen molar-refractivity contribution >= 4 is 17.3 Å². The molecule has 0 fully saturated rings. The molecule has 2 nitrogen and oxygen atoms in total. The van der Waals surface area contributed by atoms with E-state index in [-0.39, 0.29) is 5.97 Å². The van der Waals surface area contributed by atoms with Crippen molar-refractivity contribution in [3.8, 4) is 0 Å². The third kappa shape index (κ3) is 1.74. The average Bonchev–Trinajstić information content (AvgIpc) is 2.52. The summed E-state index contributed by atoms with van der Waals surface area (Å²) >= 11 is 1.40. The van der Waals surface area contributed by atoms with Crippen LogP contribution in [-0.2, 0) is 11.2 Å². The van der Waals surface area contributed by atoms with Gasteiger partial charge in [0.15, 0.2) is 0 Å². The first kappa shape index (κ1) is 9.00. The molecule has 0 aromatic carbocycles. The highest BCUT2D eigenvalue weighted by atomic mass is 32.1. The van der Waals surface area contributed by atoms with Crippen LogP contribution in [0.3, 0.4) is 0 Å². The van der Waals surface area contributed by atoms with Crippen molar-refractivity contribution in [2.45, 2.75) is 6.42 Å². The average molecular weight is 182 g/mol. The molecule has 0 aliphatic carbocycles. The number of thiophene rings is 1. The number of allylic oxidation sites excluding steroid dienone is 1. The van der Waals surface area contributed by atoms with Gasteiger partial charge in [-0.15, -0.1) is 17.9 Å². The first-order valence-corrected chi connectivity index (χ1v) is 4.43. The minimum absolute atomic E-state index is 0.262. The van der Waals surface area contributed by atoms with Gasteiger partial charge in [-0.3, -0.25) is 0 Å². The third-order valence-corrected chi connectivity index (χ3v) is 2.42. The SMILES string of the molecule is C=CCc1ccsc1C(=O)OC. The van der Waals surface area contributed by atoms with Gasteiger partial charge < -0.3 is 4.74 Å². The van der Waals surface area contributed by atoms with E-state index in [2.05, 4.69) is 11.3 Å². The smallest absolute Gasteiger partial charge is 0.348 e. The van der Waals surface area contributed by atoms with Crippen LogP contribution in [0.2, 0.25) is 0 Å². The van der Waals surface area contributed by atoms with E-state index in [1.807, 2.05) is 11.4 Å². The fourth-order valence-corrected chi connectivity index (χ4v) is 1.77. The van der Waals surface area contributed by atoms with Crippen LogP contribution in [0.25, 0.3) is 0 Å². The molecular formula is C9H10O2S. The molecule has 12 heavy (non-hydrogen) atoms. The molecule has 0 N–H and O–H groups in total. The molecule has 0 amide bonds. The fourth-order valence-electron chi connectivity index (χ4n) is 0.924. The highest BCUT2D eigenvalue weighted by molar-refractivity contribution is 7.12. The van der Waals surface area contributed by atoms with Crippen LogP contribution in [-0.4, -0.2) is 13.1 Å². The van der Waals surface area contributed by atoms with E-state index in [1.165, 1.54) is 18.4 Å². The summed E-state index contributed by atoms with van der Waals surface area (Å²) in [6.45, 7) is 3.61. The molecule has 64 valence electrons. The van der Waals surface area contributed by atoms with E-state index in [9.17, 15) is 4.79 Å². The number of hydrogen-bond donors (Lipinski definition) is 0. The number of carbonyl (C=O) groups excluding carboxylic acids is 1. The van der Waals surface area contributed by atoms with Gasteiger partial charge in [0.2, 0.25) is 0 Å². The van der Waals surface area contributed by atoms with Gasteiger partial charge in [0, 0.05) is 0 Å². The predicted molar refractivity (Wildman–Crippen MR) is 49.6 cm³/mol. The van der Waals surface area contributed by atoms with Crippen molar-refractivity contribution in [2.75, 3.05) is 7.11 Å². The Morgan fingerprint density at radius 1 is 1.83 bits per heavy atom. The molecule has 0 saturated carbocycles. The second-order valence-corrected chi connectivity index (χ2v) is 3.18. The largest absolute Gasteiger partial charge is 0.465 e. The number of methoxy groups -OCH3 is 1. The van der Waals surface area contributed by atoms with E-state index in [1.54, 1.807) is 6.08 Å². The topological polar surface area (TPSA) is 26.3 Å². The summed E-state index contributed by atoms with van der Waals surface area (Å²) in [7, 11) is 1.39. The Kier molecular flexibility index (Phi) is 3.05. The molecule has 0 bridgehead atoms. The minimum atomic E-state index is -0.262. The third-order valence-electron chi connectivity index (χ3n) is 1.48. The fraction of sp³-hybridized carbons (Fsp3) is 0.222. The molecule has 0 aliphatic heterocycles. The lowest BCUT2D eigenvalue weighted by atomic mass is 10.2. The normalized spacial score (nSPS) is 9.42. The Morgan fingerprint density at radius 2 is 2.58 bits per heavy atom. The van der Waals surface area contributed by atoms with Gasteiger partial charge in [-0.25, -0.2) is 4.79 Å². The number of ether oxygens (including phenoxy) is 1. The number of carbonyl (C=O) groups is 1. The summed E-state index contributed by atoms with van der Waals surface area (Å²) < 4.78 is 4.62. The first-order chi connectivity index (χ1) is 5.79. The zero-order valence-corrected chi connectivity index (χ0v) is 7.69. The minimum Gasteiger partial charge on any atom is -0.465 e. The van der Waals surface area contributed by atoms with E-state index in [0.717, 1.165) is 5.56 Å². The Bertz CT molecular complexity index is 288. The predicted octanol–water partition coefficient (Wildman–Crippen LogP) is 2.26. The molecule has 0 saturated heterocycles. The van der Waals surface area contributed by atoms with Crippen LogP contribution in [0.15, 0.2) is 24.1 Å². The van der Waals surface area contributed by atoms with Gasteiger partial charge in [0.1, 0.15) is 4.88 Å². The molecule has 0 unspecified atom stereocenters. The summed E-state index contributed by atoms with van der Waals surface area (Å²) in [5.74, 6) is -0.262. The Hall–Kier alpha value is -1.09. The Labute approximate surface area is 75.5 Å². The van der Waals surface area contributed by atoms with Crippen molar-refractivity contribution in [1.82, 2.24) is 0 Å². The Balaban J connectivity index is 2.90.